The molecule has 1 aliphatic rings. The summed E-state index contributed by atoms with van der Waals surface area (Å²) in [4.78, 5) is 51.4. The van der Waals surface area contributed by atoms with Gasteiger partial charge >= 0.3 is 11.9 Å². The van der Waals surface area contributed by atoms with Gasteiger partial charge in [0.15, 0.2) is 5.75 Å². The van der Waals surface area contributed by atoms with E-state index in [1.54, 1.807) is 6.08 Å². The van der Waals surface area contributed by atoms with Crippen LogP contribution in [0, 0.1) is 0 Å². The van der Waals surface area contributed by atoms with Crippen molar-refractivity contribution in [3.63, 3.8) is 0 Å². The minimum absolute atomic E-state index is 0.0134. The molecule has 0 aromatic heterocycles. The summed E-state index contributed by atoms with van der Waals surface area (Å²) in [5.41, 5.74) is 0.684. The van der Waals surface area contributed by atoms with Gasteiger partial charge in [0, 0.05) is 50.2 Å². The summed E-state index contributed by atoms with van der Waals surface area (Å²) >= 11 is 0. The predicted molar refractivity (Wildman–Crippen MR) is 162 cm³/mol. The number of methoxy groups -OCH3 is 3. The van der Waals surface area contributed by atoms with Gasteiger partial charge in [0.1, 0.15) is 30.3 Å². The van der Waals surface area contributed by atoms with Crippen molar-refractivity contribution < 1.29 is 39.1 Å². The SMILES string of the molecule is COc1c2c3c4c(c(NCC(=O)O)c(=O)c5c(NCC(=O)O)cc(OC)c(c6c(OC)cc(O)c(c1=O)c63)c54)C=C(C)C2. The number of allylic oxidation sites excluding steroid dienone is 1. The van der Waals surface area contributed by atoms with Gasteiger partial charge in [-0.1, -0.05) is 11.6 Å². The number of fused-ring (bicyclic) bond motifs is 1. The molecule has 0 radical (unpaired) electrons. The Balaban J connectivity index is 2.05. The van der Waals surface area contributed by atoms with Crippen molar-refractivity contribution in [1.82, 2.24) is 0 Å². The molecule has 6 rings (SSSR count). The van der Waals surface area contributed by atoms with Gasteiger partial charge in [0.2, 0.25) is 10.9 Å². The molecule has 0 spiro atoms. The van der Waals surface area contributed by atoms with Crippen molar-refractivity contribution in [1.29, 1.82) is 0 Å². The van der Waals surface area contributed by atoms with E-state index in [2.05, 4.69) is 10.6 Å². The molecule has 0 amide bonds. The zero-order valence-electron chi connectivity index (χ0n) is 23.6. The number of carboxylic acid groups (broad SMARTS) is 2. The number of rotatable bonds is 9. The molecule has 0 aliphatic heterocycles. The van der Waals surface area contributed by atoms with E-state index < -0.39 is 35.9 Å². The molecule has 5 N–H and O–H groups in total. The molecule has 0 atom stereocenters. The van der Waals surface area contributed by atoms with Crippen LogP contribution in [0.15, 0.2) is 27.3 Å². The second kappa shape index (κ2) is 9.79. The maximum absolute atomic E-state index is 14.4. The van der Waals surface area contributed by atoms with Gasteiger partial charge in [-0.25, -0.2) is 0 Å². The highest BCUT2D eigenvalue weighted by Crippen LogP contribution is 2.54. The molecule has 0 unspecified atom stereocenters. The van der Waals surface area contributed by atoms with E-state index in [4.69, 9.17) is 14.2 Å². The van der Waals surface area contributed by atoms with E-state index in [-0.39, 0.29) is 51.6 Å². The number of aliphatic carboxylic acids is 2. The fourth-order valence-corrected chi connectivity index (χ4v) is 6.40. The maximum Gasteiger partial charge on any atom is 0.322 e. The van der Waals surface area contributed by atoms with E-state index in [1.807, 2.05) is 6.92 Å². The first-order valence-corrected chi connectivity index (χ1v) is 13.2. The second-order valence-electron chi connectivity index (χ2n) is 10.3. The number of phenols is 1. The summed E-state index contributed by atoms with van der Waals surface area (Å²) in [5.74, 6) is -2.22. The minimum atomic E-state index is -1.20. The minimum Gasteiger partial charge on any atom is -0.507 e. The Morgan fingerprint density at radius 2 is 1.37 bits per heavy atom. The highest BCUT2D eigenvalue weighted by atomic mass is 16.5. The van der Waals surface area contributed by atoms with Crippen molar-refractivity contribution in [3.05, 3.63) is 49.3 Å². The number of carbonyl (C=O) groups is 2. The first-order chi connectivity index (χ1) is 20.5. The van der Waals surface area contributed by atoms with Crippen molar-refractivity contribution in [2.75, 3.05) is 45.1 Å². The lowest BCUT2D eigenvalue weighted by atomic mass is 9.83. The number of aromatic hydroxyl groups is 1. The Morgan fingerprint density at radius 3 is 1.98 bits per heavy atom. The van der Waals surface area contributed by atoms with Crippen LogP contribution < -0.4 is 35.7 Å². The van der Waals surface area contributed by atoms with E-state index in [0.717, 1.165) is 5.57 Å². The van der Waals surface area contributed by atoms with Gasteiger partial charge in [0.05, 0.1) is 43.5 Å². The molecule has 1 aliphatic carbocycles. The van der Waals surface area contributed by atoms with Crippen LogP contribution in [-0.4, -0.2) is 61.7 Å². The smallest absolute Gasteiger partial charge is 0.322 e. The lowest BCUT2D eigenvalue weighted by Gasteiger charge is -2.24. The molecule has 0 heterocycles. The van der Waals surface area contributed by atoms with Crippen LogP contribution in [0.4, 0.5) is 11.4 Å². The van der Waals surface area contributed by atoms with Crippen molar-refractivity contribution in [3.8, 4) is 23.0 Å². The molecule has 43 heavy (non-hydrogen) atoms. The monoisotopic (exact) mass is 586 g/mol. The van der Waals surface area contributed by atoms with Gasteiger partial charge in [-0.2, -0.15) is 0 Å². The van der Waals surface area contributed by atoms with E-state index in [1.165, 1.54) is 33.5 Å². The lowest BCUT2D eigenvalue weighted by Crippen LogP contribution is -2.21. The fraction of sp³-hybridized carbons (Fsp3) is 0.226. The second-order valence-corrected chi connectivity index (χ2v) is 10.3. The quantitative estimate of drug-likeness (QED) is 0.125. The van der Waals surface area contributed by atoms with Crippen LogP contribution >= 0.6 is 0 Å². The Kier molecular flexibility index (Phi) is 6.29. The summed E-state index contributed by atoms with van der Waals surface area (Å²) in [7, 11) is 4.19. The number of hydrogen-bond acceptors (Lipinski definition) is 10. The van der Waals surface area contributed by atoms with Crippen LogP contribution in [0.1, 0.15) is 18.1 Å². The van der Waals surface area contributed by atoms with Crippen molar-refractivity contribution >= 4 is 72.5 Å². The molecular formula is C31H26N2O10. The van der Waals surface area contributed by atoms with Gasteiger partial charge in [0.25, 0.3) is 0 Å². The van der Waals surface area contributed by atoms with Crippen LogP contribution in [-0.2, 0) is 16.0 Å². The average Bonchev–Trinajstić information content (AvgIpc) is 3.11. The molecule has 12 nitrogen and oxygen atoms in total. The molecule has 0 fully saturated rings. The first kappa shape index (κ1) is 27.6. The van der Waals surface area contributed by atoms with E-state index in [0.29, 0.717) is 43.4 Å². The summed E-state index contributed by atoms with van der Waals surface area (Å²) in [6.45, 7) is 0.723. The molecule has 5 aromatic rings. The Labute approximate surface area is 242 Å². The molecule has 0 saturated carbocycles. The predicted octanol–water partition coefficient (Wildman–Crippen LogP) is 3.58. The molecular weight excluding hydrogens is 560 g/mol. The summed E-state index contributed by atoms with van der Waals surface area (Å²) in [5, 5.41) is 38.3. The number of ether oxygens (including phenoxy) is 3. The van der Waals surface area contributed by atoms with Crippen LogP contribution in [0.25, 0.3) is 49.2 Å². The number of phenolic OH excluding ortho intramolecular Hbond substituents is 1. The lowest BCUT2D eigenvalue weighted by molar-refractivity contribution is -0.135. The van der Waals surface area contributed by atoms with Gasteiger partial charge in [-0.05, 0) is 18.7 Å². The van der Waals surface area contributed by atoms with Gasteiger partial charge in [-0.3, -0.25) is 19.2 Å². The largest absolute Gasteiger partial charge is 0.507 e. The number of nitrogens with one attached hydrogen (secondary N) is 2. The molecule has 220 valence electrons. The van der Waals surface area contributed by atoms with Crippen LogP contribution in [0.5, 0.6) is 23.0 Å². The van der Waals surface area contributed by atoms with Crippen molar-refractivity contribution in [2.24, 2.45) is 0 Å². The van der Waals surface area contributed by atoms with Crippen LogP contribution in [0.3, 0.4) is 0 Å². The third-order valence-electron chi connectivity index (χ3n) is 7.90. The standard InChI is InChI=1S/C31H26N2O10/c1-11-5-12-20-21-13(6-11)31(43-4)30(40)23-15(34)8-17(42-3)25(27(21)23)24-16(41-2)7-14(32-9-18(35)36)22(26(20)24)29(39)28(12)33-10-19(37)38/h5,7-8,32-34H,6,9-10H2,1-4H3,(H,35,36)(H,37,38). The summed E-state index contributed by atoms with van der Waals surface area (Å²) in [6.07, 6.45) is 2.00. The highest BCUT2D eigenvalue weighted by molar-refractivity contribution is 6.40. The number of carboxylic acids is 2. The van der Waals surface area contributed by atoms with Crippen LogP contribution in [0.2, 0.25) is 0 Å². The normalized spacial score (nSPS) is 12.6. The Bertz CT molecular complexity index is 2190. The highest BCUT2D eigenvalue weighted by Gasteiger charge is 2.32. The first-order valence-electron chi connectivity index (χ1n) is 13.2. The molecule has 5 aromatic carbocycles. The third kappa shape index (κ3) is 3.83. The topological polar surface area (TPSA) is 181 Å². The summed E-state index contributed by atoms with van der Waals surface area (Å²) in [6, 6.07) is 2.80. The van der Waals surface area contributed by atoms with Crippen molar-refractivity contribution in [2.45, 2.75) is 13.3 Å². The average molecular weight is 587 g/mol. The molecule has 12 heteroatoms. The summed E-state index contributed by atoms with van der Waals surface area (Å²) < 4.78 is 17.2. The van der Waals surface area contributed by atoms with E-state index in [9.17, 15) is 34.5 Å². The Morgan fingerprint density at radius 1 is 0.767 bits per heavy atom. The molecule has 0 bridgehead atoms. The fourth-order valence-electron chi connectivity index (χ4n) is 6.40. The third-order valence-corrected chi connectivity index (χ3v) is 7.90. The number of hydrogen-bond donors (Lipinski definition) is 5. The van der Waals surface area contributed by atoms with Gasteiger partial charge in [-0.15, -0.1) is 0 Å². The Hall–Kier alpha value is -5.52. The number of anilines is 2. The maximum atomic E-state index is 14.4. The van der Waals surface area contributed by atoms with E-state index >= 15 is 0 Å². The zero-order valence-corrected chi connectivity index (χ0v) is 23.6. The zero-order chi connectivity index (χ0) is 30.9. The molecule has 0 saturated heterocycles. The number of benzene rings is 5. The van der Waals surface area contributed by atoms with Gasteiger partial charge < -0.3 is 40.2 Å².